The SMILES string of the molecule is Cl.N[C@@H](c1c(F)cc(Br)cc1F)[C@H](O)C1CC1. The van der Waals surface area contributed by atoms with Crippen molar-refractivity contribution in [3.8, 4) is 0 Å². The molecule has 6 heteroatoms. The fourth-order valence-electron chi connectivity index (χ4n) is 1.77. The van der Waals surface area contributed by atoms with E-state index < -0.39 is 23.8 Å². The molecule has 1 aromatic carbocycles. The number of hydrogen-bond acceptors (Lipinski definition) is 2. The lowest BCUT2D eigenvalue weighted by Gasteiger charge is -2.20. The van der Waals surface area contributed by atoms with E-state index in [9.17, 15) is 13.9 Å². The molecule has 3 N–H and O–H groups in total. The zero-order valence-corrected chi connectivity index (χ0v) is 11.3. The second-order valence-electron chi connectivity index (χ2n) is 4.14. The highest BCUT2D eigenvalue weighted by molar-refractivity contribution is 9.10. The summed E-state index contributed by atoms with van der Waals surface area (Å²) in [6.45, 7) is 0. The number of aliphatic hydroxyl groups excluding tert-OH is 1. The molecule has 1 saturated carbocycles. The first-order valence-corrected chi connectivity index (χ1v) is 5.88. The van der Waals surface area contributed by atoms with Gasteiger partial charge in [-0.05, 0) is 30.9 Å². The number of halogens is 4. The maximum absolute atomic E-state index is 13.5. The molecule has 0 radical (unpaired) electrons. The van der Waals surface area contributed by atoms with Crippen molar-refractivity contribution in [2.24, 2.45) is 11.7 Å². The zero-order chi connectivity index (χ0) is 11.9. The first-order valence-electron chi connectivity index (χ1n) is 5.09. The third-order valence-corrected chi connectivity index (χ3v) is 3.31. The lowest BCUT2D eigenvalue weighted by Crippen LogP contribution is -2.29. The molecule has 0 spiro atoms. The first kappa shape index (κ1) is 14.8. The first-order chi connectivity index (χ1) is 7.50. The second kappa shape index (κ2) is 5.61. The van der Waals surface area contributed by atoms with Gasteiger partial charge in [0.25, 0.3) is 0 Å². The summed E-state index contributed by atoms with van der Waals surface area (Å²) in [7, 11) is 0. The van der Waals surface area contributed by atoms with Gasteiger partial charge in [-0.3, -0.25) is 0 Å². The van der Waals surface area contributed by atoms with Crippen molar-refractivity contribution >= 4 is 28.3 Å². The van der Waals surface area contributed by atoms with Crippen LogP contribution in [0, 0.1) is 17.6 Å². The summed E-state index contributed by atoms with van der Waals surface area (Å²) in [4.78, 5) is 0. The lowest BCUT2D eigenvalue weighted by atomic mass is 9.98. The summed E-state index contributed by atoms with van der Waals surface area (Å²) in [5.74, 6) is -1.37. The van der Waals surface area contributed by atoms with Crippen LogP contribution < -0.4 is 5.73 Å². The normalized spacial score (nSPS) is 18.4. The number of nitrogens with two attached hydrogens (primary N) is 1. The van der Waals surface area contributed by atoms with Crippen molar-refractivity contribution in [2.45, 2.75) is 25.0 Å². The zero-order valence-electron chi connectivity index (χ0n) is 8.87. The standard InChI is InChI=1S/C11H12BrF2NO.ClH/c12-6-3-7(13)9(8(14)4-6)10(15)11(16)5-1-2-5;/h3-5,10-11,16H,1-2,15H2;1H/t10-,11+;/m0./s1. The van der Waals surface area contributed by atoms with Gasteiger partial charge in [0.05, 0.1) is 12.1 Å². The highest BCUT2D eigenvalue weighted by atomic mass is 79.9. The monoisotopic (exact) mass is 327 g/mol. The van der Waals surface area contributed by atoms with Gasteiger partial charge in [0.2, 0.25) is 0 Å². The Morgan fingerprint density at radius 2 is 1.76 bits per heavy atom. The Bertz CT molecular complexity index is 391. The minimum atomic E-state index is -0.999. The minimum Gasteiger partial charge on any atom is -0.391 e. The highest BCUT2D eigenvalue weighted by Crippen LogP contribution is 2.38. The topological polar surface area (TPSA) is 46.2 Å². The van der Waals surface area contributed by atoms with E-state index in [1.165, 1.54) is 0 Å². The van der Waals surface area contributed by atoms with Crippen LogP contribution in [0.15, 0.2) is 16.6 Å². The quantitative estimate of drug-likeness (QED) is 0.896. The fourth-order valence-corrected chi connectivity index (χ4v) is 2.18. The Balaban J connectivity index is 0.00000144. The largest absolute Gasteiger partial charge is 0.391 e. The smallest absolute Gasteiger partial charge is 0.132 e. The Morgan fingerprint density at radius 3 is 2.18 bits per heavy atom. The van der Waals surface area contributed by atoms with Crippen LogP contribution in [0.1, 0.15) is 24.4 Å². The Kier molecular flexibility index (Phi) is 4.89. The molecule has 1 aromatic rings. The molecule has 0 aliphatic heterocycles. The summed E-state index contributed by atoms with van der Waals surface area (Å²) in [6, 6.07) is 1.30. The van der Waals surface area contributed by atoms with Crippen molar-refractivity contribution in [3.63, 3.8) is 0 Å². The van der Waals surface area contributed by atoms with Crippen molar-refractivity contribution < 1.29 is 13.9 Å². The predicted octanol–water partition coefficient (Wildman–Crippen LogP) is 2.92. The van der Waals surface area contributed by atoms with E-state index in [1.54, 1.807) is 0 Å². The molecule has 1 fully saturated rings. The van der Waals surface area contributed by atoms with Crippen LogP contribution in [0.25, 0.3) is 0 Å². The van der Waals surface area contributed by atoms with E-state index in [0.29, 0.717) is 4.47 Å². The summed E-state index contributed by atoms with van der Waals surface area (Å²) in [6.07, 6.45) is 0.869. The van der Waals surface area contributed by atoms with E-state index in [4.69, 9.17) is 5.73 Å². The van der Waals surface area contributed by atoms with E-state index in [1.807, 2.05) is 0 Å². The molecule has 0 heterocycles. The molecule has 1 aliphatic carbocycles. The van der Waals surface area contributed by atoms with Crippen LogP contribution in [0.3, 0.4) is 0 Å². The molecular weight excluding hydrogens is 315 g/mol. The molecule has 96 valence electrons. The van der Waals surface area contributed by atoms with Crippen molar-refractivity contribution in [2.75, 3.05) is 0 Å². The number of rotatable bonds is 3. The number of hydrogen-bond donors (Lipinski definition) is 2. The van der Waals surface area contributed by atoms with Gasteiger partial charge in [-0.1, -0.05) is 15.9 Å². The van der Waals surface area contributed by atoms with E-state index in [2.05, 4.69) is 15.9 Å². The van der Waals surface area contributed by atoms with Crippen LogP contribution in [0.5, 0.6) is 0 Å². The third-order valence-electron chi connectivity index (χ3n) is 2.85. The predicted molar refractivity (Wildman–Crippen MR) is 67.0 cm³/mol. The number of benzene rings is 1. The average molecular weight is 329 g/mol. The lowest BCUT2D eigenvalue weighted by molar-refractivity contribution is 0.119. The summed E-state index contributed by atoms with van der Waals surface area (Å²) in [5.41, 5.74) is 5.45. The van der Waals surface area contributed by atoms with Gasteiger partial charge in [-0.25, -0.2) is 8.78 Å². The highest BCUT2D eigenvalue weighted by Gasteiger charge is 2.36. The molecular formula is C11H13BrClF2NO. The van der Waals surface area contributed by atoms with Crippen LogP contribution in [-0.4, -0.2) is 11.2 Å². The van der Waals surface area contributed by atoms with Crippen molar-refractivity contribution in [3.05, 3.63) is 33.8 Å². The Labute approximate surface area is 113 Å². The molecule has 2 rings (SSSR count). The molecule has 0 aromatic heterocycles. The molecule has 2 nitrogen and oxygen atoms in total. The van der Waals surface area contributed by atoms with Crippen LogP contribution in [-0.2, 0) is 0 Å². The van der Waals surface area contributed by atoms with Gasteiger partial charge in [-0.15, -0.1) is 12.4 Å². The average Bonchev–Trinajstić information content (AvgIpc) is 2.97. The van der Waals surface area contributed by atoms with E-state index in [-0.39, 0.29) is 23.9 Å². The van der Waals surface area contributed by atoms with Crippen molar-refractivity contribution in [1.29, 1.82) is 0 Å². The van der Waals surface area contributed by atoms with Crippen molar-refractivity contribution in [1.82, 2.24) is 0 Å². The Hall–Kier alpha value is -0.230. The molecule has 0 saturated heterocycles. The molecule has 0 unspecified atom stereocenters. The number of aliphatic hydroxyl groups is 1. The van der Waals surface area contributed by atoms with Gasteiger partial charge in [0, 0.05) is 10.0 Å². The molecule has 17 heavy (non-hydrogen) atoms. The molecule has 0 bridgehead atoms. The fraction of sp³-hybridized carbons (Fsp3) is 0.455. The maximum atomic E-state index is 13.5. The van der Waals surface area contributed by atoms with Gasteiger partial charge in [0.15, 0.2) is 0 Å². The van der Waals surface area contributed by atoms with E-state index >= 15 is 0 Å². The van der Waals surface area contributed by atoms with Gasteiger partial charge in [-0.2, -0.15) is 0 Å². The van der Waals surface area contributed by atoms with Crippen LogP contribution >= 0.6 is 28.3 Å². The second-order valence-corrected chi connectivity index (χ2v) is 5.05. The Morgan fingerprint density at radius 1 is 1.29 bits per heavy atom. The van der Waals surface area contributed by atoms with Gasteiger partial charge >= 0.3 is 0 Å². The van der Waals surface area contributed by atoms with Gasteiger partial charge in [0.1, 0.15) is 11.6 Å². The van der Waals surface area contributed by atoms with Gasteiger partial charge < -0.3 is 10.8 Å². The summed E-state index contributed by atoms with van der Waals surface area (Å²) in [5, 5.41) is 9.76. The molecule has 2 atom stereocenters. The maximum Gasteiger partial charge on any atom is 0.132 e. The molecule has 1 aliphatic rings. The van der Waals surface area contributed by atoms with Crippen LogP contribution in [0.4, 0.5) is 8.78 Å². The van der Waals surface area contributed by atoms with Crippen LogP contribution in [0.2, 0.25) is 0 Å². The summed E-state index contributed by atoms with van der Waals surface area (Å²) >= 11 is 2.99. The molecule has 0 amide bonds. The minimum absolute atomic E-state index is 0. The van der Waals surface area contributed by atoms with E-state index in [0.717, 1.165) is 25.0 Å². The third kappa shape index (κ3) is 3.16. The summed E-state index contributed by atoms with van der Waals surface area (Å²) < 4.78 is 27.4.